The Morgan fingerprint density at radius 3 is 1.92 bits per heavy atom. The van der Waals surface area contributed by atoms with E-state index in [2.05, 4.69) is 39.4 Å². The molecule has 2 saturated heterocycles. The summed E-state index contributed by atoms with van der Waals surface area (Å²) in [4.78, 5) is 20.5. The van der Waals surface area contributed by atoms with Crippen LogP contribution in [0, 0.1) is 0 Å². The zero-order chi connectivity index (χ0) is 27.0. The van der Waals surface area contributed by atoms with E-state index >= 15 is 0 Å². The fourth-order valence-electron chi connectivity index (χ4n) is 4.53. The largest absolute Gasteiger partial charge is 0.416 e. The Labute approximate surface area is 211 Å². The van der Waals surface area contributed by atoms with Crippen LogP contribution in [-0.2, 0) is 18.9 Å². The van der Waals surface area contributed by atoms with Crippen molar-refractivity contribution in [3.8, 4) is 0 Å². The molecular formula is C25H29F6N5O. The summed E-state index contributed by atoms with van der Waals surface area (Å²) in [7, 11) is 3.99. The third kappa shape index (κ3) is 6.67. The molecule has 2 aromatic rings. The molecule has 0 radical (unpaired) electrons. The molecule has 2 heterocycles. The van der Waals surface area contributed by atoms with Crippen LogP contribution in [0.25, 0.3) is 0 Å². The summed E-state index contributed by atoms with van der Waals surface area (Å²) in [5.74, 6) is 0. The van der Waals surface area contributed by atoms with Gasteiger partial charge in [-0.1, -0.05) is 12.1 Å². The van der Waals surface area contributed by atoms with Crippen LogP contribution in [0.4, 0.5) is 42.5 Å². The number of rotatable bonds is 5. The number of carbonyl (C=O) groups excluding carboxylic acids is 1. The molecule has 12 heteroatoms. The molecule has 202 valence electrons. The van der Waals surface area contributed by atoms with E-state index in [0.717, 1.165) is 38.4 Å². The average molecular weight is 530 g/mol. The number of anilines is 2. The van der Waals surface area contributed by atoms with Crippen molar-refractivity contribution >= 4 is 17.4 Å². The molecule has 1 N–H and O–H groups in total. The number of likely N-dealkylation sites (tertiary alicyclic amines) is 1. The molecule has 0 bridgehead atoms. The smallest absolute Gasteiger partial charge is 0.378 e. The molecule has 0 saturated carbocycles. The predicted octanol–water partition coefficient (Wildman–Crippen LogP) is 4.82. The van der Waals surface area contributed by atoms with Crippen molar-refractivity contribution in [3.05, 3.63) is 59.2 Å². The second-order valence-corrected chi connectivity index (χ2v) is 9.66. The molecular weight excluding hydrogens is 500 g/mol. The number of halogens is 6. The van der Waals surface area contributed by atoms with E-state index < -0.39 is 35.2 Å². The third-order valence-corrected chi connectivity index (χ3v) is 6.77. The van der Waals surface area contributed by atoms with Gasteiger partial charge in [-0.3, -0.25) is 9.80 Å². The monoisotopic (exact) mass is 529 g/mol. The zero-order valence-electron chi connectivity index (χ0n) is 20.5. The van der Waals surface area contributed by atoms with Gasteiger partial charge in [-0.2, -0.15) is 26.3 Å². The summed E-state index contributed by atoms with van der Waals surface area (Å²) in [5, 5.41) is 2.19. The molecule has 0 aromatic heterocycles. The fourth-order valence-corrected chi connectivity index (χ4v) is 4.53. The van der Waals surface area contributed by atoms with Gasteiger partial charge in [0.25, 0.3) is 0 Å². The number of carbonyl (C=O) groups is 1. The topological polar surface area (TPSA) is 42.1 Å². The van der Waals surface area contributed by atoms with Gasteiger partial charge >= 0.3 is 18.4 Å². The molecule has 4 rings (SSSR count). The highest BCUT2D eigenvalue weighted by Gasteiger charge is 2.39. The van der Waals surface area contributed by atoms with E-state index in [0.29, 0.717) is 25.2 Å². The van der Waals surface area contributed by atoms with Gasteiger partial charge in [-0.15, -0.1) is 0 Å². The highest BCUT2D eigenvalue weighted by atomic mass is 19.4. The van der Waals surface area contributed by atoms with Crippen molar-refractivity contribution in [2.45, 2.75) is 24.9 Å². The Hall–Kier alpha value is -2.99. The number of nitrogens with zero attached hydrogens (tertiary/aromatic N) is 4. The summed E-state index contributed by atoms with van der Waals surface area (Å²) in [5.41, 5.74) is -1.10. The second-order valence-electron chi connectivity index (χ2n) is 9.66. The van der Waals surface area contributed by atoms with Gasteiger partial charge in [-0.25, -0.2) is 4.79 Å². The van der Waals surface area contributed by atoms with Crippen LogP contribution < -0.4 is 10.2 Å². The van der Waals surface area contributed by atoms with Gasteiger partial charge in [0.15, 0.2) is 0 Å². The number of amides is 2. The van der Waals surface area contributed by atoms with Crippen molar-refractivity contribution < 1.29 is 31.1 Å². The maximum Gasteiger partial charge on any atom is 0.416 e. The van der Waals surface area contributed by atoms with Crippen LogP contribution in [-0.4, -0.2) is 80.1 Å². The Kier molecular flexibility index (Phi) is 7.61. The Bertz CT molecular complexity index is 1060. The number of hydrogen-bond acceptors (Lipinski definition) is 4. The molecule has 0 atom stereocenters. The lowest BCUT2D eigenvalue weighted by Gasteiger charge is -2.48. The molecule has 2 amide bonds. The third-order valence-electron chi connectivity index (χ3n) is 6.77. The van der Waals surface area contributed by atoms with Crippen molar-refractivity contribution in [2.24, 2.45) is 0 Å². The van der Waals surface area contributed by atoms with Crippen LogP contribution in [0.1, 0.15) is 16.7 Å². The van der Waals surface area contributed by atoms with Crippen LogP contribution >= 0.6 is 0 Å². The first-order valence-electron chi connectivity index (χ1n) is 11.9. The highest BCUT2D eigenvalue weighted by molar-refractivity contribution is 5.90. The van der Waals surface area contributed by atoms with E-state index in [-0.39, 0.29) is 12.1 Å². The Morgan fingerprint density at radius 1 is 0.892 bits per heavy atom. The molecule has 0 unspecified atom stereocenters. The van der Waals surface area contributed by atoms with E-state index in [9.17, 15) is 31.1 Å². The lowest BCUT2D eigenvalue weighted by atomic mass is 10.1. The minimum atomic E-state index is -4.97. The van der Waals surface area contributed by atoms with Gasteiger partial charge < -0.3 is 15.1 Å². The summed E-state index contributed by atoms with van der Waals surface area (Å²) in [6.07, 6.45) is -9.94. The van der Waals surface area contributed by atoms with Crippen LogP contribution in [0.15, 0.2) is 42.5 Å². The summed E-state index contributed by atoms with van der Waals surface area (Å²) >= 11 is 0. The number of hydrogen-bond donors (Lipinski definition) is 1. The second kappa shape index (κ2) is 10.4. The SMILES string of the molecule is CN(C)c1ccc(CN2CCN(C3CN(C(=O)Nc4cc(C(F)(F)F)cc(C(F)(F)F)c4)C3)CC2)cc1. The Balaban J connectivity index is 1.26. The maximum atomic E-state index is 13.1. The lowest BCUT2D eigenvalue weighted by Crippen LogP contribution is -2.64. The first-order chi connectivity index (χ1) is 17.3. The van der Waals surface area contributed by atoms with Gasteiger partial charge in [-0.05, 0) is 35.9 Å². The standard InChI is InChI=1S/C25H29F6N5O/c1-33(2)21-5-3-17(4-6-21)14-34-7-9-35(10-8-34)22-15-36(16-22)23(37)32-20-12-18(24(26,27)28)11-19(13-20)25(29,30)31/h3-6,11-13,22H,7-10,14-16H2,1-2H3,(H,32,37). The van der Waals surface area contributed by atoms with Crippen LogP contribution in [0.3, 0.4) is 0 Å². The van der Waals surface area contributed by atoms with Crippen molar-refractivity contribution in [2.75, 3.05) is 63.6 Å². The normalized spacial score (nSPS) is 18.0. The molecule has 2 fully saturated rings. The summed E-state index contributed by atoms with van der Waals surface area (Å²) in [6.45, 7) is 4.94. The van der Waals surface area contributed by atoms with Gasteiger partial charge in [0.2, 0.25) is 0 Å². The molecule has 2 aromatic carbocycles. The minimum Gasteiger partial charge on any atom is -0.378 e. The van der Waals surface area contributed by atoms with E-state index in [1.807, 2.05) is 19.0 Å². The van der Waals surface area contributed by atoms with E-state index in [4.69, 9.17) is 0 Å². The summed E-state index contributed by atoms with van der Waals surface area (Å²) in [6, 6.07) is 8.86. The van der Waals surface area contributed by atoms with Gasteiger partial charge in [0, 0.05) is 77.3 Å². The number of benzene rings is 2. The van der Waals surface area contributed by atoms with Crippen molar-refractivity contribution in [1.29, 1.82) is 0 Å². The molecule has 37 heavy (non-hydrogen) atoms. The molecule has 2 aliphatic rings. The fraction of sp³-hybridized carbons (Fsp3) is 0.480. The molecule has 6 nitrogen and oxygen atoms in total. The minimum absolute atomic E-state index is 0.0355. The number of urea groups is 1. The Morgan fingerprint density at radius 2 is 1.43 bits per heavy atom. The molecule has 0 spiro atoms. The number of piperazine rings is 1. The summed E-state index contributed by atoms with van der Waals surface area (Å²) < 4.78 is 78.4. The van der Waals surface area contributed by atoms with Crippen LogP contribution in [0.2, 0.25) is 0 Å². The average Bonchev–Trinajstić information content (AvgIpc) is 2.78. The lowest BCUT2D eigenvalue weighted by molar-refractivity contribution is -0.143. The van der Waals surface area contributed by atoms with Crippen molar-refractivity contribution in [3.63, 3.8) is 0 Å². The number of alkyl halides is 6. The van der Waals surface area contributed by atoms with Crippen molar-refractivity contribution in [1.82, 2.24) is 14.7 Å². The maximum absolute atomic E-state index is 13.1. The quantitative estimate of drug-likeness (QED) is 0.564. The predicted molar refractivity (Wildman–Crippen MR) is 128 cm³/mol. The first-order valence-corrected chi connectivity index (χ1v) is 11.9. The van der Waals surface area contributed by atoms with Crippen LogP contribution in [0.5, 0.6) is 0 Å². The molecule has 2 aliphatic heterocycles. The first kappa shape index (κ1) is 27.1. The highest BCUT2D eigenvalue weighted by Crippen LogP contribution is 2.37. The zero-order valence-corrected chi connectivity index (χ0v) is 20.5. The van der Waals surface area contributed by atoms with Gasteiger partial charge in [0.1, 0.15) is 0 Å². The van der Waals surface area contributed by atoms with E-state index in [1.165, 1.54) is 10.5 Å². The number of nitrogens with one attached hydrogen (secondary N) is 1. The van der Waals surface area contributed by atoms with E-state index in [1.54, 1.807) is 0 Å². The van der Waals surface area contributed by atoms with Gasteiger partial charge in [0.05, 0.1) is 11.1 Å². The molecule has 0 aliphatic carbocycles.